The number of hydrogen-bond acceptors (Lipinski definition) is 6. The topological polar surface area (TPSA) is 78.3 Å². The van der Waals surface area contributed by atoms with Gasteiger partial charge in [-0.15, -0.1) is 0 Å². The van der Waals surface area contributed by atoms with E-state index < -0.39 is 5.97 Å². The minimum Gasteiger partial charge on any atom is -0.480 e. The van der Waals surface area contributed by atoms with E-state index in [-0.39, 0.29) is 11.4 Å². The van der Waals surface area contributed by atoms with Crippen LogP contribution in [0.15, 0.2) is 24.3 Å². The van der Waals surface area contributed by atoms with E-state index >= 15 is 0 Å². The van der Waals surface area contributed by atoms with Crippen molar-refractivity contribution < 1.29 is 14.3 Å². The van der Waals surface area contributed by atoms with Gasteiger partial charge in [0.05, 0.1) is 30.0 Å². The van der Waals surface area contributed by atoms with Crippen LogP contribution in [0.2, 0.25) is 10.0 Å². The average Bonchev–Trinajstić information content (AvgIpc) is 2.91. The highest BCUT2D eigenvalue weighted by atomic mass is 35.5. The SMILES string of the molecule is COC(=O)c1cc2nc(Nc3c(Cl)cccc3Cl)n(C)c2nc1OC. The number of nitrogens with zero attached hydrogens (tertiary/aromatic N) is 3. The molecule has 0 aliphatic heterocycles. The van der Waals surface area contributed by atoms with Gasteiger partial charge in [-0.2, -0.15) is 4.98 Å². The van der Waals surface area contributed by atoms with Crippen LogP contribution < -0.4 is 10.1 Å². The highest BCUT2D eigenvalue weighted by Gasteiger charge is 2.20. The molecule has 0 fully saturated rings. The molecule has 0 unspecified atom stereocenters. The molecule has 0 saturated carbocycles. The van der Waals surface area contributed by atoms with Crippen LogP contribution in [0.3, 0.4) is 0 Å². The van der Waals surface area contributed by atoms with Gasteiger partial charge in [0.25, 0.3) is 0 Å². The Kier molecular flexibility index (Phi) is 4.69. The summed E-state index contributed by atoms with van der Waals surface area (Å²) in [6.45, 7) is 0. The number of rotatable bonds is 4. The number of benzene rings is 1. The van der Waals surface area contributed by atoms with Crippen molar-refractivity contribution in [3.8, 4) is 5.88 Å². The number of carbonyl (C=O) groups is 1. The number of methoxy groups -OCH3 is 2. The average molecular weight is 381 g/mol. The van der Waals surface area contributed by atoms with Crippen molar-refractivity contribution in [2.75, 3.05) is 19.5 Å². The number of halogens is 2. The van der Waals surface area contributed by atoms with Gasteiger partial charge in [-0.05, 0) is 18.2 Å². The first-order valence-corrected chi connectivity index (χ1v) is 7.92. The van der Waals surface area contributed by atoms with E-state index in [1.165, 1.54) is 14.2 Å². The molecule has 0 saturated heterocycles. The molecule has 2 heterocycles. The third-order valence-corrected chi connectivity index (χ3v) is 4.24. The number of carbonyl (C=O) groups excluding carboxylic acids is 1. The maximum absolute atomic E-state index is 11.9. The zero-order valence-electron chi connectivity index (χ0n) is 13.6. The third kappa shape index (κ3) is 3.08. The highest BCUT2D eigenvalue weighted by Crippen LogP contribution is 2.33. The van der Waals surface area contributed by atoms with Crippen LogP contribution in [-0.4, -0.2) is 34.7 Å². The Balaban J connectivity index is 2.12. The molecule has 25 heavy (non-hydrogen) atoms. The van der Waals surface area contributed by atoms with Gasteiger partial charge in [0.15, 0.2) is 5.65 Å². The maximum Gasteiger partial charge on any atom is 0.343 e. The summed E-state index contributed by atoms with van der Waals surface area (Å²) in [6, 6.07) is 6.75. The van der Waals surface area contributed by atoms with Crippen molar-refractivity contribution in [1.29, 1.82) is 0 Å². The lowest BCUT2D eigenvalue weighted by atomic mass is 10.2. The number of esters is 1. The van der Waals surface area contributed by atoms with Gasteiger partial charge >= 0.3 is 5.97 Å². The maximum atomic E-state index is 11.9. The number of aryl methyl sites for hydroxylation is 1. The van der Waals surface area contributed by atoms with Crippen LogP contribution in [0.5, 0.6) is 5.88 Å². The predicted molar refractivity (Wildman–Crippen MR) is 96.1 cm³/mol. The van der Waals surface area contributed by atoms with Crippen LogP contribution in [0.1, 0.15) is 10.4 Å². The van der Waals surface area contributed by atoms with E-state index in [2.05, 4.69) is 15.3 Å². The molecule has 0 aliphatic carbocycles. The minimum atomic E-state index is -0.555. The summed E-state index contributed by atoms with van der Waals surface area (Å²) >= 11 is 12.4. The molecule has 0 atom stereocenters. The second-order valence-corrected chi connectivity index (χ2v) is 5.91. The van der Waals surface area contributed by atoms with E-state index in [0.717, 1.165) is 0 Å². The van der Waals surface area contributed by atoms with Crippen molar-refractivity contribution in [2.24, 2.45) is 7.05 Å². The number of anilines is 2. The monoisotopic (exact) mass is 380 g/mol. The first-order chi connectivity index (χ1) is 12.0. The lowest BCUT2D eigenvalue weighted by molar-refractivity contribution is 0.0596. The first kappa shape index (κ1) is 17.3. The largest absolute Gasteiger partial charge is 0.480 e. The van der Waals surface area contributed by atoms with Crippen molar-refractivity contribution >= 4 is 52.0 Å². The summed E-state index contributed by atoms with van der Waals surface area (Å²) in [5, 5.41) is 4.01. The Labute approximate surface area is 153 Å². The van der Waals surface area contributed by atoms with Crippen molar-refractivity contribution in [3.63, 3.8) is 0 Å². The molecule has 130 valence electrons. The number of pyridine rings is 1. The molecular formula is C16H14Cl2N4O3. The molecular weight excluding hydrogens is 367 g/mol. The molecule has 0 amide bonds. The molecule has 1 aromatic carbocycles. The van der Waals surface area contributed by atoms with Gasteiger partial charge in [0, 0.05) is 7.05 Å². The van der Waals surface area contributed by atoms with E-state index in [0.29, 0.717) is 32.8 Å². The standard InChI is InChI=1S/C16H14Cl2N4O3/c1-22-13-11(7-8(15(23)25-3)14(21-13)24-2)19-16(22)20-12-9(17)5-4-6-10(12)18/h4-7H,1-3H3,(H,19,20). The molecule has 0 aliphatic rings. The van der Waals surface area contributed by atoms with Gasteiger partial charge in [0.2, 0.25) is 11.8 Å². The van der Waals surface area contributed by atoms with Crippen molar-refractivity contribution in [2.45, 2.75) is 0 Å². The van der Waals surface area contributed by atoms with Gasteiger partial charge in [-0.25, -0.2) is 9.78 Å². The molecule has 2 aromatic heterocycles. The lowest BCUT2D eigenvalue weighted by Crippen LogP contribution is -2.06. The number of nitrogens with one attached hydrogen (secondary N) is 1. The quantitative estimate of drug-likeness (QED) is 0.693. The second kappa shape index (κ2) is 6.78. The Morgan fingerprint density at radius 1 is 1.20 bits per heavy atom. The van der Waals surface area contributed by atoms with Gasteiger partial charge in [-0.3, -0.25) is 4.57 Å². The molecule has 9 heteroatoms. The minimum absolute atomic E-state index is 0.157. The summed E-state index contributed by atoms with van der Waals surface area (Å²) in [4.78, 5) is 20.7. The molecule has 3 rings (SSSR count). The number of ether oxygens (including phenoxy) is 2. The second-order valence-electron chi connectivity index (χ2n) is 5.10. The van der Waals surface area contributed by atoms with Crippen LogP contribution in [0.4, 0.5) is 11.6 Å². The number of imidazole rings is 1. The van der Waals surface area contributed by atoms with E-state index in [1.807, 2.05) is 0 Å². The predicted octanol–water partition coefficient (Wildman–Crippen LogP) is 3.81. The Hall–Kier alpha value is -2.51. The number of aromatic nitrogens is 3. The summed E-state index contributed by atoms with van der Waals surface area (Å²) < 4.78 is 11.6. The Morgan fingerprint density at radius 3 is 2.48 bits per heavy atom. The van der Waals surface area contributed by atoms with Crippen LogP contribution in [0.25, 0.3) is 11.2 Å². The van der Waals surface area contributed by atoms with Crippen LogP contribution in [0, 0.1) is 0 Å². The summed E-state index contributed by atoms with van der Waals surface area (Å²) in [7, 11) is 4.49. The van der Waals surface area contributed by atoms with Crippen LogP contribution >= 0.6 is 23.2 Å². The summed E-state index contributed by atoms with van der Waals surface area (Å²) in [5.74, 6) is 0.0619. The number of fused-ring (bicyclic) bond motifs is 1. The Bertz CT molecular complexity index is 951. The molecule has 0 radical (unpaired) electrons. The Morgan fingerprint density at radius 2 is 1.88 bits per heavy atom. The van der Waals surface area contributed by atoms with Gasteiger partial charge < -0.3 is 14.8 Å². The van der Waals surface area contributed by atoms with Crippen molar-refractivity contribution in [1.82, 2.24) is 14.5 Å². The lowest BCUT2D eigenvalue weighted by Gasteiger charge is -2.09. The third-order valence-electron chi connectivity index (χ3n) is 3.61. The molecule has 7 nitrogen and oxygen atoms in total. The van der Waals surface area contributed by atoms with Crippen molar-refractivity contribution in [3.05, 3.63) is 39.9 Å². The van der Waals surface area contributed by atoms with Crippen LogP contribution in [-0.2, 0) is 11.8 Å². The fourth-order valence-corrected chi connectivity index (χ4v) is 2.84. The zero-order chi connectivity index (χ0) is 18.1. The zero-order valence-corrected chi connectivity index (χ0v) is 15.1. The highest BCUT2D eigenvalue weighted by molar-refractivity contribution is 6.39. The van der Waals surface area contributed by atoms with E-state index in [9.17, 15) is 4.79 Å². The number of hydrogen-bond donors (Lipinski definition) is 1. The smallest absolute Gasteiger partial charge is 0.343 e. The number of para-hydroxylation sites is 1. The van der Waals surface area contributed by atoms with E-state index in [1.54, 1.807) is 35.9 Å². The molecule has 3 aromatic rings. The summed E-state index contributed by atoms with van der Waals surface area (Å²) in [6.07, 6.45) is 0. The van der Waals surface area contributed by atoms with E-state index in [4.69, 9.17) is 32.7 Å². The fraction of sp³-hybridized carbons (Fsp3) is 0.188. The molecule has 0 spiro atoms. The van der Waals surface area contributed by atoms with Gasteiger partial charge in [-0.1, -0.05) is 29.3 Å². The fourth-order valence-electron chi connectivity index (χ4n) is 2.35. The van der Waals surface area contributed by atoms with Gasteiger partial charge in [0.1, 0.15) is 11.1 Å². The molecule has 0 bridgehead atoms. The summed E-state index contributed by atoms with van der Waals surface area (Å²) in [5.41, 5.74) is 1.74. The first-order valence-electron chi connectivity index (χ1n) is 7.17. The normalized spacial score (nSPS) is 10.8. The molecule has 1 N–H and O–H groups in total.